The number of nitrogens with one attached hydrogen (secondary N) is 2. The summed E-state index contributed by atoms with van der Waals surface area (Å²) < 4.78 is 29.7. The van der Waals surface area contributed by atoms with E-state index in [1.807, 2.05) is 0 Å². The second-order valence-electron chi connectivity index (χ2n) is 6.78. The van der Waals surface area contributed by atoms with E-state index >= 15 is 0 Å². The molecule has 132 valence electrons. The third-order valence-electron chi connectivity index (χ3n) is 5.00. The Kier molecular flexibility index (Phi) is 5.33. The molecule has 1 saturated heterocycles. The first-order valence-electron chi connectivity index (χ1n) is 8.61. The van der Waals surface area contributed by atoms with Crippen LogP contribution in [0.5, 0.6) is 5.75 Å². The molecule has 1 aromatic carbocycles. The normalized spacial score (nSPS) is 26.2. The van der Waals surface area contributed by atoms with Gasteiger partial charge < -0.3 is 15.4 Å². The number of hydrogen-bond donors (Lipinski definition) is 2. The minimum absolute atomic E-state index is 0.0620. The predicted octanol–water partition coefficient (Wildman–Crippen LogP) is 3.50. The van der Waals surface area contributed by atoms with Crippen molar-refractivity contribution in [2.75, 3.05) is 11.9 Å². The lowest BCUT2D eigenvalue weighted by Crippen LogP contribution is -2.39. The zero-order chi connectivity index (χ0) is 17.1. The van der Waals surface area contributed by atoms with Crippen molar-refractivity contribution in [1.29, 1.82) is 0 Å². The molecule has 6 heteroatoms. The van der Waals surface area contributed by atoms with Gasteiger partial charge in [-0.05, 0) is 43.7 Å². The van der Waals surface area contributed by atoms with Gasteiger partial charge in [-0.3, -0.25) is 4.79 Å². The Hall–Kier alpha value is -1.69. The Bertz CT molecular complexity index is 580. The van der Waals surface area contributed by atoms with Crippen molar-refractivity contribution in [3.05, 3.63) is 23.8 Å². The summed E-state index contributed by atoms with van der Waals surface area (Å²) in [4.78, 5) is 12.5. The number of carbonyl (C=O) groups excluding carboxylic acids is 1. The summed E-state index contributed by atoms with van der Waals surface area (Å²) in [6, 6.07) is 5.42. The Morgan fingerprint density at radius 2 is 2.17 bits per heavy atom. The fourth-order valence-corrected chi connectivity index (χ4v) is 3.74. The molecular formula is C18H24F2N2O2. The minimum atomic E-state index is -2.52. The van der Waals surface area contributed by atoms with Crippen LogP contribution in [0.4, 0.5) is 14.5 Å². The van der Waals surface area contributed by atoms with E-state index in [-0.39, 0.29) is 11.9 Å². The van der Waals surface area contributed by atoms with Gasteiger partial charge in [0.2, 0.25) is 5.91 Å². The van der Waals surface area contributed by atoms with Gasteiger partial charge in [0.1, 0.15) is 12.4 Å². The first kappa shape index (κ1) is 17.1. The van der Waals surface area contributed by atoms with E-state index in [9.17, 15) is 13.6 Å². The summed E-state index contributed by atoms with van der Waals surface area (Å²) in [5.74, 6) is 0.909. The van der Waals surface area contributed by atoms with Gasteiger partial charge in [0.05, 0.1) is 6.04 Å². The Morgan fingerprint density at radius 1 is 1.38 bits per heavy atom. The molecule has 3 unspecified atom stereocenters. The van der Waals surface area contributed by atoms with Crippen LogP contribution >= 0.6 is 0 Å². The number of fused-ring (bicyclic) bond motifs is 1. The van der Waals surface area contributed by atoms with Crippen molar-refractivity contribution in [3.8, 4) is 5.75 Å². The van der Waals surface area contributed by atoms with Crippen LogP contribution in [0.1, 0.15) is 37.7 Å². The van der Waals surface area contributed by atoms with Crippen LogP contribution in [0.25, 0.3) is 0 Å². The van der Waals surface area contributed by atoms with E-state index in [4.69, 9.17) is 4.74 Å². The maximum absolute atomic E-state index is 12.5. The number of anilines is 1. The zero-order valence-corrected chi connectivity index (χ0v) is 13.9. The average molecular weight is 338 g/mol. The molecule has 0 bridgehead atoms. The Morgan fingerprint density at radius 3 is 2.92 bits per heavy atom. The van der Waals surface area contributed by atoms with E-state index in [0.29, 0.717) is 23.4 Å². The molecule has 3 rings (SSSR count). The summed E-state index contributed by atoms with van der Waals surface area (Å²) in [5.41, 5.74) is 1.34. The maximum Gasteiger partial charge on any atom is 0.272 e. The molecule has 1 amide bonds. The monoisotopic (exact) mass is 338 g/mol. The summed E-state index contributed by atoms with van der Waals surface area (Å²) >= 11 is 0. The number of aryl methyl sites for hydroxylation is 1. The SMILES string of the molecule is Cc1ccc(NC(=O)C2CC3CCCCC3N2)cc1OCC(F)F. The van der Waals surface area contributed by atoms with E-state index in [2.05, 4.69) is 10.6 Å². The maximum atomic E-state index is 12.5. The van der Waals surface area contributed by atoms with Crippen molar-refractivity contribution >= 4 is 11.6 Å². The first-order valence-corrected chi connectivity index (χ1v) is 8.61. The molecule has 3 atom stereocenters. The fraction of sp³-hybridized carbons (Fsp3) is 0.611. The highest BCUT2D eigenvalue weighted by Crippen LogP contribution is 2.33. The summed E-state index contributed by atoms with van der Waals surface area (Å²) in [6.07, 6.45) is 3.17. The standard InChI is InChI=1S/C18H24F2N2O2/c1-11-6-7-13(9-16(11)24-10-17(19)20)21-18(23)15-8-12-4-2-3-5-14(12)22-15/h6-7,9,12,14-15,17,22H,2-5,8,10H2,1H3,(H,21,23). The first-order chi connectivity index (χ1) is 11.5. The van der Waals surface area contributed by atoms with E-state index in [0.717, 1.165) is 18.4 Å². The topological polar surface area (TPSA) is 50.4 Å². The average Bonchev–Trinajstić information content (AvgIpc) is 2.99. The molecule has 0 spiro atoms. The molecule has 1 heterocycles. The molecule has 1 aromatic rings. The third-order valence-corrected chi connectivity index (χ3v) is 5.00. The number of alkyl halides is 2. The molecule has 1 saturated carbocycles. The molecule has 0 radical (unpaired) electrons. The van der Waals surface area contributed by atoms with Gasteiger partial charge in [-0.2, -0.15) is 0 Å². The predicted molar refractivity (Wildman–Crippen MR) is 88.6 cm³/mol. The number of hydrogen-bond acceptors (Lipinski definition) is 3. The molecule has 0 aromatic heterocycles. The summed E-state index contributed by atoms with van der Waals surface area (Å²) in [6.45, 7) is 1.14. The van der Waals surface area contributed by atoms with Crippen LogP contribution in [0.15, 0.2) is 18.2 Å². The molecule has 1 aliphatic heterocycles. The van der Waals surface area contributed by atoms with Crippen LogP contribution in [0, 0.1) is 12.8 Å². The molecule has 1 aliphatic carbocycles. The lowest BCUT2D eigenvalue weighted by molar-refractivity contribution is -0.117. The molecule has 2 fully saturated rings. The van der Waals surface area contributed by atoms with Crippen LogP contribution in [-0.2, 0) is 4.79 Å². The highest BCUT2D eigenvalue weighted by atomic mass is 19.3. The molecule has 2 aliphatic rings. The number of halogens is 2. The number of amides is 1. The quantitative estimate of drug-likeness (QED) is 0.864. The van der Waals surface area contributed by atoms with Crippen molar-refractivity contribution in [3.63, 3.8) is 0 Å². The van der Waals surface area contributed by atoms with Gasteiger partial charge >= 0.3 is 0 Å². The molecule has 24 heavy (non-hydrogen) atoms. The van der Waals surface area contributed by atoms with E-state index in [1.54, 1.807) is 25.1 Å². The third kappa shape index (κ3) is 4.04. The lowest BCUT2D eigenvalue weighted by Gasteiger charge is -2.24. The number of benzene rings is 1. The Labute approximate surface area is 141 Å². The van der Waals surface area contributed by atoms with Crippen molar-refractivity contribution < 1.29 is 18.3 Å². The molecule has 2 N–H and O–H groups in total. The molecular weight excluding hydrogens is 314 g/mol. The zero-order valence-electron chi connectivity index (χ0n) is 13.9. The second-order valence-corrected chi connectivity index (χ2v) is 6.78. The van der Waals surface area contributed by atoms with Gasteiger partial charge in [0, 0.05) is 17.8 Å². The van der Waals surface area contributed by atoms with Crippen LogP contribution in [0.3, 0.4) is 0 Å². The number of rotatable bonds is 5. The number of ether oxygens (including phenoxy) is 1. The van der Waals surface area contributed by atoms with Crippen LogP contribution in [-0.4, -0.2) is 31.0 Å². The minimum Gasteiger partial charge on any atom is -0.487 e. The van der Waals surface area contributed by atoms with Crippen molar-refractivity contribution in [2.45, 2.75) is 57.5 Å². The van der Waals surface area contributed by atoms with E-state index < -0.39 is 13.0 Å². The van der Waals surface area contributed by atoms with Gasteiger partial charge in [0.25, 0.3) is 6.43 Å². The van der Waals surface area contributed by atoms with Gasteiger partial charge in [-0.1, -0.05) is 18.9 Å². The number of carbonyl (C=O) groups is 1. The molecule has 4 nitrogen and oxygen atoms in total. The Balaban J connectivity index is 1.61. The van der Waals surface area contributed by atoms with Crippen molar-refractivity contribution in [2.24, 2.45) is 5.92 Å². The second kappa shape index (κ2) is 7.47. The van der Waals surface area contributed by atoms with E-state index in [1.165, 1.54) is 19.3 Å². The van der Waals surface area contributed by atoms with Crippen molar-refractivity contribution in [1.82, 2.24) is 5.32 Å². The largest absolute Gasteiger partial charge is 0.487 e. The van der Waals surface area contributed by atoms with Gasteiger partial charge in [-0.15, -0.1) is 0 Å². The summed E-state index contributed by atoms with van der Waals surface area (Å²) in [5, 5.41) is 6.32. The van der Waals surface area contributed by atoms with Crippen LogP contribution < -0.4 is 15.4 Å². The fourth-order valence-electron chi connectivity index (χ4n) is 3.74. The highest BCUT2D eigenvalue weighted by molar-refractivity contribution is 5.95. The van der Waals surface area contributed by atoms with Gasteiger partial charge in [0.15, 0.2) is 0 Å². The van der Waals surface area contributed by atoms with Gasteiger partial charge in [-0.25, -0.2) is 8.78 Å². The highest BCUT2D eigenvalue weighted by Gasteiger charge is 2.38. The lowest BCUT2D eigenvalue weighted by atomic mass is 9.85. The van der Waals surface area contributed by atoms with Crippen LogP contribution in [0.2, 0.25) is 0 Å². The summed E-state index contributed by atoms with van der Waals surface area (Å²) in [7, 11) is 0. The smallest absolute Gasteiger partial charge is 0.272 e.